The smallest absolute Gasteiger partial charge is 0.311 e. The third-order valence-electron chi connectivity index (χ3n) is 4.21. The maximum atomic E-state index is 12.8. The SMILES string of the molecule is CC(C)(C)CC1CN(C(=O)C(=O)NCc2ccc(F)cc2)CC1N. The normalized spacial score (nSPS) is 21.0. The first kappa shape index (κ1) is 18.4. The summed E-state index contributed by atoms with van der Waals surface area (Å²) in [5.41, 5.74) is 7.00. The lowest BCUT2D eigenvalue weighted by Gasteiger charge is -2.24. The van der Waals surface area contributed by atoms with Gasteiger partial charge in [-0.2, -0.15) is 0 Å². The first-order chi connectivity index (χ1) is 11.2. The number of carbonyl (C=O) groups excluding carboxylic acids is 2. The van der Waals surface area contributed by atoms with Crippen molar-refractivity contribution in [2.24, 2.45) is 17.1 Å². The number of nitrogens with zero attached hydrogens (tertiary/aromatic N) is 1. The Balaban J connectivity index is 1.87. The van der Waals surface area contributed by atoms with Gasteiger partial charge in [-0.1, -0.05) is 32.9 Å². The van der Waals surface area contributed by atoms with Crippen LogP contribution in [0.25, 0.3) is 0 Å². The van der Waals surface area contributed by atoms with Crippen LogP contribution in [0.4, 0.5) is 4.39 Å². The Hall–Kier alpha value is -1.95. The molecule has 1 aromatic carbocycles. The second-order valence-electron chi connectivity index (χ2n) is 7.71. The van der Waals surface area contributed by atoms with Gasteiger partial charge in [0.2, 0.25) is 0 Å². The van der Waals surface area contributed by atoms with Gasteiger partial charge < -0.3 is 16.0 Å². The fraction of sp³-hybridized carbons (Fsp3) is 0.556. The molecule has 0 aromatic heterocycles. The first-order valence-electron chi connectivity index (χ1n) is 8.23. The summed E-state index contributed by atoms with van der Waals surface area (Å²) >= 11 is 0. The van der Waals surface area contributed by atoms with Crippen LogP contribution >= 0.6 is 0 Å². The maximum absolute atomic E-state index is 12.8. The van der Waals surface area contributed by atoms with Crippen LogP contribution in [-0.2, 0) is 16.1 Å². The molecule has 1 aliphatic heterocycles. The Morgan fingerprint density at radius 2 is 1.88 bits per heavy atom. The fourth-order valence-corrected chi connectivity index (χ4v) is 3.07. The number of nitrogens with two attached hydrogens (primary N) is 1. The molecule has 1 saturated heterocycles. The van der Waals surface area contributed by atoms with Crippen molar-refractivity contribution in [3.05, 3.63) is 35.6 Å². The Morgan fingerprint density at radius 3 is 2.46 bits per heavy atom. The molecule has 0 bridgehead atoms. The molecule has 1 aromatic rings. The second-order valence-corrected chi connectivity index (χ2v) is 7.71. The van der Waals surface area contributed by atoms with Crippen LogP contribution < -0.4 is 11.1 Å². The van der Waals surface area contributed by atoms with E-state index in [4.69, 9.17) is 5.73 Å². The zero-order valence-corrected chi connectivity index (χ0v) is 14.5. The van der Waals surface area contributed by atoms with Gasteiger partial charge in [-0.25, -0.2) is 4.39 Å². The average Bonchev–Trinajstić information content (AvgIpc) is 2.84. The van der Waals surface area contributed by atoms with Crippen LogP contribution in [0.5, 0.6) is 0 Å². The molecular weight excluding hydrogens is 309 g/mol. The number of amides is 2. The summed E-state index contributed by atoms with van der Waals surface area (Å²) in [6, 6.07) is 5.69. The molecule has 1 heterocycles. The number of likely N-dealkylation sites (tertiary alicyclic amines) is 1. The van der Waals surface area contributed by atoms with Gasteiger partial charge in [-0.05, 0) is 35.4 Å². The molecule has 2 rings (SSSR count). The molecule has 0 spiro atoms. The summed E-state index contributed by atoms with van der Waals surface area (Å²) in [7, 11) is 0. The number of hydrogen-bond donors (Lipinski definition) is 2. The Morgan fingerprint density at radius 1 is 1.25 bits per heavy atom. The number of carbonyl (C=O) groups is 2. The quantitative estimate of drug-likeness (QED) is 0.825. The molecular formula is C18H26FN3O2. The number of nitrogens with one attached hydrogen (secondary N) is 1. The largest absolute Gasteiger partial charge is 0.344 e. The van der Waals surface area contributed by atoms with Gasteiger partial charge in [0.05, 0.1) is 0 Å². The number of halogens is 1. The van der Waals surface area contributed by atoms with E-state index in [9.17, 15) is 14.0 Å². The molecule has 1 aliphatic rings. The summed E-state index contributed by atoms with van der Waals surface area (Å²) in [4.78, 5) is 25.9. The van der Waals surface area contributed by atoms with Crippen molar-refractivity contribution in [2.75, 3.05) is 13.1 Å². The van der Waals surface area contributed by atoms with Gasteiger partial charge in [0.15, 0.2) is 0 Å². The van der Waals surface area contributed by atoms with Gasteiger partial charge in [0.25, 0.3) is 0 Å². The fourth-order valence-electron chi connectivity index (χ4n) is 3.07. The molecule has 0 saturated carbocycles. The van der Waals surface area contributed by atoms with Crippen LogP contribution in [0.3, 0.4) is 0 Å². The second kappa shape index (κ2) is 7.30. The van der Waals surface area contributed by atoms with E-state index in [0.717, 1.165) is 12.0 Å². The highest BCUT2D eigenvalue weighted by Crippen LogP contribution is 2.29. The molecule has 3 N–H and O–H groups in total. The van der Waals surface area contributed by atoms with Crippen LogP contribution in [0, 0.1) is 17.2 Å². The monoisotopic (exact) mass is 335 g/mol. The molecule has 2 atom stereocenters. The van der Waals surface area contributed by atoms with E-state index in [1.807, 2.05) is 0 Å². The van der Waals surface area contributed by atoms with Crippen LogP contribution in [0.1, 0.15) is 32.8 Å². The minimum absolute atomic E-state index is 0.0990. The first-order valence-corrected chi connectivity index (χ1v) is 8.23. The Bertz CT molecular complexity index is 595. The number of hydrogen-bond acceptors (Lipinski definition) is 3. The van der Waals surface area contributed by atoms with Crippen molar-refractivity contribution >= 4 is 11.8 Å². The molecule has 2 unspecified atom stereocenters. The highest BCUT2D eigenvalue weighted by Gasteiger charge is 2.36. The lowest BCUT2D eigenvalue weighted by Crippen LogP contribution is -2.42. The minimum Gasteiger partial charge on any atom is -0.344 e. The van der Waals surface area contributed by atoms with Crippen LogP contribution in [0.15, 0.2) is 24.3 Å². The van der Waals surface area contributed by atoms with Gasteiger partial charge in [0.1, 0.15) is 5.82 Å². The zero-order chi connectivity index (χ0) is 17.9. The third-order valence-corrected chi connectivity index (χ3v) is 4.21. The number of rotatable bonds is 3. The van der Waals surface area contributed by atoms with E-state index in [1.54, 1.807) is 12.1 Å². The Labute approximate surface area is 142 Å². The van der Waals surface area contributed by atoms with E-state index < -0.39 is 11.8 Å². The van der Waals surface area contributed by atoms with Crippen molar-refractivity contribution < 1.29 is 14.0 Å². The van der Waals surface area contributed by atoms with E-state index in [-0.39, 0.29) is 29.7 Å². The summed E-state index contributed by atoms with van der Waals surface area (Å²) in [6.07, 6.45) is 0.912. The van der Waals surface area contributed by atoms with E-state index in [1.165, 1.54) is 17.0 Å². The summed E-state index contributed by atoms with van der Waals surface area (Å²) < 4.78 is 12.8. The third kappa shape index (κ3) is 5.03. The van der Waals surface area contributed by atoms with Gasteiger partial charge in [-0.3, -0.25) is 9.59 Å². The van der Waals surface area contributed by atoms with Crippen molar-refractivity contribution in [3.8, 4) is 0 Å². The van der Waals surface area contributed by atoms with Crippen molar-refractivity contribution in [3.63, 3.8) is 0 Å². The van der Waals surface area contributed by atoms with Crippen LogP contribution in [0.2, 0.25) is 0 Å². The average molecular weight is 335 g/mol. The molecule has 132 valence electrons. The molecule has 5 nitrogen and oxygen atoms in total. The predicted octanol–water partition coefficient (Wildman–Crippen LogP) is 1.66. The number of benzene rings is 1. The van der Waals surface area contributed by atoms with Gasteiger partial charge >= 0.3 is 11.8 Å². The highest BCUT2D eigenvalue weighted by atomic mass is 19.1. The van der Waals surface area contributed by atoms with Crippen molar-refractivity contribution in [1.82, 2.24) is 10.2 Å². The minimum atomic E-state index is -0.650. The van der Waals surface area contributed by atoms with E-state index >= 15 is 0 Å². The van der Waals surface area contributed by atoms with Gasteiger partial charge in [0, 0.05) is 25.7 Å². The standard InChI is InChI=1S/C18H26FN3O2/c1-18(2,3)8-13-10-22(11-15(13)20)17(24)16(23)21-9-12-4-6-14(19)7-5-12/h4-7,13,15H,8-11,20H2,1-3H3,(H,21,23). The summed E-state index contributed by atoms with van der Waals surface area (Å²) in [6.45, 7) is 7.53. The highest BCUT2D eigenvalue weighted by molar-refractivity contribution is 6.35. The molecule has 1 fully saturated rings. The van der Waals surface area contributed by atoms with Crippen molar-refractivity contribution in [2.45, 2.75) is 39.8 Å². The topological polar surface area (TPSA) is 75.4 Å². The molecule has 0 aliphatic carbocycles. The zero-order valence-electron chi connectivity index (χ0n) is 14.5. The predicted molar refractivity (Wildman–Crippen MR) is 90.4 cm³/mol. The van der Waals surface area contributed by atoms with E-state index in [0.29, 0.717) is 13.1 Å². The molecule has 6 heteroatoms. The van der Waals surface area contributed by atoms with E-state index in [2.05, 4.69) is 26.1 Å². The molecule has 0 radical (unpaired) electrons. The summed E-state index contributed by atoms with van der Waals surface area (Å²) in [5, 5.41) is 2.58. The Kier molecular flexibility index (Phi) is 5.59. The lowest BCUT2D eigenvalue weighted by molar-refractivity contribution is -0.145. The lowest BCUT2D eigenvalue weighted by atomic mass is 9.83. The molecule has 24 heavy (non-hydrogen) atoms. The van der Waals surface area contributed by atoms with Crippen LogP contribution in [-0.4, -0.2) is 35.8 Å². The van der Waals surface area contributed by atoms with Crippen molar-refractivity contribution in [1.29, 1.82) is 0 Å². The summed E-state index contributed by atoms with van der Waals surface area (Å²) in [5.74, 6) is -1.33. The molecule has 2 amide bonds. The maximum Gasteiger partial charge on any atom is 0.311 e. The van der Waals surface area contributed by atoms with Gasteiger partial charge in [-0.15, -0.1) is 0 Å².